The minimum Gasteiger partial charge on any atom is -0.492 e. The fraction of sp³-hybridized carbons (Fsp3) is 0.188. The van der Waals surface area contributed by atoms with Gasteiger partial charge >= 0.3 is 0 Å². The van der Waals surface area contributed by atoms with Crippen molar-refractivity contribution >= 4 is 5.78 Å². The van der Waals surface area contributed by atoms with E-state index in [-0.39, 0.29) is 12.4 Å². The van der Waals surface area contributed by atoms with E-state index in [0.29, 0.717) is 16.9 Å². The number of ether oxygens (including phenoxy) is 1. The van der Waals surface area contributed by atoms with Crippen LogP contribution in [-0.4, -0.2) is 17.5 Å². The molecule has 2 unspecified atom stereocenters. The van der Waals surface area contributed by atoms with Gasteiger partial charge in [0.1, 0.15) is 18.2 Å². The molecule has 20 heavy (non-hydrogen) atoms. The van der Waals surface area contributed by atoms with Crippen molar-refractivity contribution in [1.82, 2.24) is 0 Å². The van der Waals surface area contributed by atoms with E-state index < -0.39 is 17.8 Å². The monoisotopic (exact) mass is 272 g/mol. The topological polar surface area (TPSA) is 46.5 Å². The van der Waals surface area contributed by atoms with Gasteiger partial charge in [0.15, 0.2) is 5.78 Å². The second-order valence-electron chi connectivity index (χ2n) is 4.77. The standard InChI is InChI=1S/C16H13FO3/c17-11-7-5-10(6-8-11)15(18)13-9-20-14-4-2-1-3-12(14)16(13)19/h1-8,13,16,19H,9H2. The summed E-state index contributed by atoms with van der Waals surface area (Å²) in [7, 11) is 0. The van der Waals surface area contributed by atoms with Gasteiger partial charge in [0.25, 0.3) is 0 Å². The Kier molecular flexibility index (Phi) is 3.24. The molecule has 0 fully saturated rings. The second-order valence-corrected chi connectivity index (χ2v) is 4.77. The van der Waals surface area contributed by atoms with Crippen LogP contribution < -0.4 is 4.74 Å². The summed E-state index contributed by atoms with van der Waals surface area (Å²) in [5, 5.41) is 10.3. The quantitative estimate of drug-likeness (QED) is 0.855. The van der Waals surface area contributed by atoms with E-state index in [1.807, 2.05) is 6.07 Å². The molecule has 3 nitrogen and oxygen atoms in total. The maximum atomic E-state index is 12.9. The highest BCUT2D eigenvalue weighted by Gasteiger charge is 2.34. The Morgan fingerprint density at radius 1 is 1.15 bits per heavy atom. The van der Waals surface area contributed by atoms with Crippen LogP contribution in [0.4, 0.5) is 4.39 Å². The summed E-state index contributed by atoms with van der Waals surface area (Å²) in [6.07, 6.45) is -0.905. The van der Waals surface area contributed by atoms with Gasteiger partial charge in [-0.25, -0.2) is 4.39 Å². The van der Waals surface area contributed by atoms with Crippen LogP contribution in [0.25, 0.3) is 0 Å². The number of aliphatic hydroxyl groups excluding tert-OH is 1. The van der Waals surface area contributed by atoms with Crippen LogP contribution in [0.5, 0.6) is 5.75 Å². The van der Waals surface area contributed by atoms with E-state index in [0.717, 1.165) is 0 Å². The first-order valence-electron chi connectivity index (χ1n) is 6.36. The fourth-order valence-electron chi connectivity index (χ4n) is 2.39. The predicted octanol–water partition coefficient (Wildman–Crippen LogP) is 2.75. The van der Waals surface area contributed by atoms with Gasteiger partial charge in [-0.2, -0.15) is 0 Å². The van der Waals surface area contributed by atoms with E-state index >= 15 is 0 Å². The summed E-state index contributed by atoms with van der Waals surface area (Å²) in [6, 6.07) is 12.4. The zero-order valence-corrected chi connectivity index (χ0v) is 10.6. The van der Waals surface area contributed by atoms with Crippen LogP contribution in [0.1, 0.15) is 22.0 Å². The van der Waals surface area contributed by atoms with Crippen LogP contribution in [0.3, 0.4) is 0 Å². The van der Waals surface area contributed by atoms with Crippen LogP contribution in [-0.2, 0) is 0 Å². The molecule has 2 aromatic rings. The van der Waals surface area contributed by atoms with E-state index in [9.17, 15) is 14.3 Å². The molecule has 2 atom stereocenters. The minimum atomic E-state index is -0.905. The number of aliphatic hydroxyl groups is 1. The van der Waals surface area contributed by atoms with Crippen molar-refractivity contribution in [3.8, 4) is 5.75 Å². The maximum absolute atomic E-state index is 12.9. The number of para-hydroxylation sites is 1. The highest BCUT2D eigenvalue weighted by atomic mass is 19.1. The number of fused-ring (bicyclic) bond motifs is 1. The third-order valence-corrected chi connectivity index (χ3v) is 3.50. The number of Topliss-reactive ketones (excluding diaryl/α,β-unsaturated/α-hetero) is 1. The Labute approximate surface area is 115 Å². The van der Waals surface area contributed by atoms with Crippen molar-refractivity contribution in [2.45, 2.75) is 6.10 Å². The summed E-state index contributed by atoms with van der Waals surface area (Å²) in [4.78, 5) is 12.4. The Morgan fingerprint density at radius 3 is 2.60 bits per heavy atom. The lowest BCUT2D eigenvalue weighted by Crippen LogP contribution is -2.32. The predicted molar refractivity (Wildman–Crippen MR) is 71.1 cm³/mol. The van der Waals surface area contributed by atoms with Gasteiger partial charge in [-0.05, 0) is 30.3 Å². The minimum absolute atomic E-state index is 0.119. The molecule has 1 N–H and O–H groups in total. The van der Waals surface area contributed by atoms with Crippen molar-refractivity contribution in [2.24, 2.45) is 5.92 Å². The van der Waals surface area contributed by atoms with Gasteiger partial charge in [-0.1, -0.05) is 18.2 Å². The number of halogens is 1. The molecule has 1 heterocycles. The SMILES string of the molecule is O=C(c1ccc(F)cc1)C1COc2ccccc2C1O. The molecule has 0 spiro atoms. The molecule has 4 heteroatoms. The van der Waals surface area contributed by atoms with Gasteiger partial charge in [0, 0.05) is 11.1 Å². The Balaban J connectivity index is 1.89. The molecule has 2 aromatic carbocycles. The van der Waals surface area contributed by atoms with Gasteiger partial charge in [0.05, 0.1) is 12.0 Å². The van der Waals surface area contributed by atoms with Crippen molar-refractivity contribution in [3.05, 3.63) is 65.5 Å². The van der Waals surface area contributed by atoms with Gasteiger partial charge in [-0.3, -0.25) is 4.79 Å². The third kappa shape index (κ3) is 2.18. The number of ketones is 1. The number of carbonyl (C=O) groups is 1. The van der Waals surface area contributed by atoms with Crippen LogP contribution in [0, 0.1) is 11.7 Å². The lowest BCUT2D eigenvalue weighted by atomic mass is 9.87. The number of hydrogen-bond donors (Lipinski definition) is 1. The Morgan fingerprint density at radius 2 is 1.85 bits per heavy atom. The molecular weight excluding hydrogens is 259 g/mol. The number of rotatable bonds is 2. The van der Waals surface area contributed by atoms with Crippen molar-refractivity contribution in [2.75, 3.05) is 6.61 Å². The first-order chi connectivity index (χ1) is 9.66. The molecule has 102 valence electrons. The van der Waals surface area contributed by atoms with Gasteiger partial charge in [0.2, 0.25) is 0 Å². The molecule has 1 aliphatic heterocycles. The molecule has 0 radical (unpaired) electrons. The van der Waals surface area contributed by atoms with E-state index in [1.165, 1.54) is 24.3 Å². The summed E-state index contributed by atoms with van der Waals surface area (Å²) in [6.45, 7) is 0.119. The van der Waals surface area contributed by atoms with Crippen LogP contribution in [0.2, 0.25) is 0 Å². The van der Waals surface area contributed by atoms with E-state index in [1.54, 1.807) is 18.2 Å². The normalized spacial score (nSPS) is 20.9. The molecule has 0 saturated carbocycles. The average Bonchev–Trinajstić information content (AvgIpc) is 2.48. The van der Waals surface area contributed by atoms with Gasteiger partial charge in [-0.15, -0.1) is 0 Å². The van der Waals surface area contributed by atoms with Crippen LogP contribution in [0.15, 0.2) is 48.5 Å². The number of carbonyl (C=O) groups excluding carboxylic acids is 1. The van der Waals surface area contributed by atoms with Crippen LogP contribution >= 0.6 is 0 Å². The van der Waals surface area contributed by atoms with Crippen molar-refractivity contribution in [1.29, 1.82) is 0 Å². The first-order valence-corrected chi connectivity index (χ1v) is 6.36. The third-order valence-electron chi connectivity index (χ3n) is 3.50. The largest absolute Gasteiger partial charge is 0.492 e. The first kappa shape index (κ1) is 12.8. The summed E-state index contributed by atoms with van der Waals surface area (Å²) in [5.74, 6) is -0.710. The Hall–Kier alpha value is -2.20. The van der Waals surface area contributed by atoms with Crippen molar-refractivity contribution < 1.29 is 19.0 Å². The molecule has 3 rings (SSSR count). The van der Waals surface area contributed by atoms with Gasteiger partial charge < -0.3 is 9.84 Å². The maximum Gasteiger partial charge on any atom is 0.172 e. The molecule has 0 saturated heterocycles. The summed E-state index contributed by atoms with van der Waals surface area (Å²) < 4.78 is 18.4. The Bertz CT molecular complexity index is 636. The highest BCUT2D eigenvalue weighted by molar-refractivity contribution is 5.98. The summed E-state index contributed by atoms with van der Waals surface area (Å²) >= 11 is 0. The fourth-order valence-corrected chi connectivity index (χ4v) is 2.39. The molecule has 0 bridgehead atoms. The summed E-state index contributed by atoms with van der Waals surface area (Å²) in [5.41, 5.74) is 0.984. The molecule has 1 aliphatic rings. The molecule has 0 aromatic heterocycles. The smallest absolute Gasteiger partial charge is 0.172 e. The van der Waals surface area contributed by atoms with E-state index in [2.05, 4.69) is 0 Å². The second kappa shape index (κ2) is 5.06. The zero-order valence-electron chi connectivity index (χ0n) is 10.6. The number of benzene rings is 2. The lowest BCUT2D eigenvalue weighted by molar-refractivity contribution is 0.0418. The molecule has 0 amide bonds. The van der Waals surface area contributed by atoms with Crippen molar-refractivity contribution in [3.63, 3.8) is 0 Å². The number of hydrogen-bond acceptors (Lipinski definition) is 3. The zero-order chi connectivity index (χ0) is 14.1. The molecule has 0 aliphatic carbocycles. The molecular formula is C16H13FO3. The lowest BCUT2D eigenvalue weighted by Gasteiger charge is -2.29. The van der Waals surface area contributed by atoms with E-state index in [4.69, 9.17) is 4.74 Å². The highest BCUT2D eigenvalue weighted by Crippen LogP contribution is 2.36. The average molecular weight is 272 g/mol.